The molecule has 1 aromatic rings. The van der Waals surface area contributed by atoms with Gasteiger partial charge in [-0.25, -0.2) is 0 Å². The van der Waals surface area contributed by atoms with E-state index in [4.69, 9.17) is 0 Å². The molecule has 0 aromatic carbocycles. The summed E-state index contributed by atoms with van der Waals surface area (Å²) in [6, 6.07) is 2.72. The van der Waals surface area contributed by atoms with Gasteiger partial charge in [0.2, 0.25) is 0 Å². The van der Waals surface area contributed by atoms with Crippen LogP contribution in [0.1, 0.15) is 97.5 Å². The second-order valence-electron chi connectivity index (χ2n) is 7.81. The monoisotopic (exact) mass is 584 g/mol. The van der Waals surface area contributed by atoms with Crippen LogP contribution >= 0.6 is 33.9 Å². The van der Waals surface area contributed by atoms with Crippen molar-refractivity contribution < 1.29 is 0 Å². The van der Waals surface area contributed by atoms with Crippen molar-refractivity contribution in [2.75, 3.05) is 0 Å². The van der Waals surface area contributed by atoms with Gasteiger partial charge in [0.25, 0.3) is 0 Å². The Morgan fingerprint density at radius 2 is 1.28 bits per heavy atom. The van der Waals surface area contributed by atoms with Crippen molar-refractivity contribution in [1.29, 1.82) is 0 Å². The molecule has 0 bridgehead atoms. The van der Waals surface area contributed by atoms with E-state index in [1.54, 1.807) is 21.8 Å². The van der Waals surface area contributed by atoms with Crippen molar-refractivity contribution in [3.8, 4) is 0 Å². The molecule has 0 aliphatic heterocycles. The third-order valence-electron chi connectivity index (χ3n) is 5.61. The van der Waals surface area contributed by atoms with Gasteiger partial charge in [0.05, 0.1) is 0 Å². The van der Waals surface area contributed by atoms with E-state index in [0.29, 0.717) is 0 Å². The summed E-state index contributed by atoms with van der Waals surface area (Å²) in [4.78, 5) is 0. The fourth-order valence-electron chi connectivity index (χ4n) is 3.87. The number of hydrogen-bond acceptors (Lipinski definition) is 1. The Labute approximate surface area is 180 Å². The number of hydrogen-bond donors (Lipinski definition) is 0. The van der Waals surface area contributed by atoms with E-state index in [9.17, 15) is 0 Å². The molecule has 0 amide bonds. The van der Waals surface area contributed by atoms with E-state index in [1.165, 1.54) is 70.6 Å². The molecular formula is C22H41ISSn. The Morgan fingerprint density at radius 1 is 0.760 bits per heavy atom. The van der Waals surface area contributed by atoms with Gasteiger partial charge < -0.3 is 0 Å². The molecule has 0 N–H and O–H groups in total. The number of halogens is 1. The zero-order valence-corrected chi connectivity index (χ0v) is 23.1. The van der Waals surface area contributed by atoms with Gasteiger partial charge in [0, 0.05) is 0 Å². The molecule has 0 aliphatic carbocycles. The Hall–Kier alpha value is 1.23. The minimum atomic E-state index is -2.18. The van der Waals surface area contributed by atoms with Crippen molar-refractivity contribution in [3.05, 3.63) is 14.5 Å². The molecule has 0 nitrogen and oxygen atoms in total. The molecule has 1 heterocycles. The maximum absolute atomic E-state index is 2.72. The first-order valence-electron chi connectivity index (χ1n) is 10.9. The van der Waals surface area contributed by atoms with Crippen LogP contribution in [0.15, 0.2) is 6.07 Å². The summed E-state index contributed by atoms with van der Waals surface area (Å²) in [5.41, 5.74) is 1.70. The quantitative estimate of drug-likeness (QED) is 0.110. The molecule has 0 spiro atoms. The van der Waals surface area contributed by atoms with Crippen LogP contribution in [0.4, 0.5) is 0 Å². The number of aryl methyl sites for hydroxylation is 1. The molecule has 1 rings (SSSR count). The third-order valence-corrected chi connectivity index (χ3v) is 26.1. The second kappa shape index (κ2) is 14.3. The normalized spacial score (nSPS) is 12.0. The third kappa shape index (κ3) is 8.41. The average molecular weight is 583 g/mol. The van der Waals surface area contributed by atoms with Crippen molar-refractivity contribution in [1.82, 2.24) is 0 Å². The zero-order valence-electron chi connectivity index (χ0n) is 17.3. The van der Waals surface area contributed by atoms with E-state index >= 15 is 0 Å². The van der Waals surface area contributed by atoms with Crippen LogP contribution in [0.3, 0.4) is 0 Å². The average Bonchev–Trinajstić information content (AvgIpc) is 3.00. The van der Waals surface area contributed by atoms with Crippen LogP contribution in [0.5, 0.6) is 0 Å². The molecule has 0 unspecified atom stereocenters. The summed E-state index contributed by atoms with van der Waals surface area (Å²) in [7, 11) is 0. The summed E-state index contributed by atoms with van der Waals surface area (Å²) in [6.45, 7) is 9.46. The van der Waals surface area contributed by atoms with E-state index < -0.39 is 18.4 Å². The van der Waals surface area contributed by atoms with E-state index in [2.05, 4.69) is 67.7 Å². The fourth-order valence-corrected chi connectivity index (χ4v) is 26.9. The van der Waals surface area contributed by atoms with Crippen LogP contribution in [-0.4, -0.2) is 18.4 Å². The summed E-state index contributed by atoms with van der Waals surface area (Å²) < 4.78 is 8.37. The Kier molecular flexibility index (Phi) is 13.8. The van der Waals surface area contributed by atoms with Gasteiger partial charge >= 0.3 is 181 Å². The molecule has 146 valence electrons. The predicted octanol–water partition coefficient (Wildman–Crippen LogP) is 8.53. The van der Waals surface area contributed by atoms with Gasteiger partial charge in [-0.1, -0.05) is 0 Å². The van der Waals surface area contributed by atoms with Crippen LogP contribution in [0, 0.1) is 2.88 Å². The van der Waals surface area contributed by atoms with Gasteiger partial charge in [0.15, 0.2) is 0 Å². The molecule has 0 saturated heterocycles. The van der Waals surface area contributed by atoms with Crippen molar-refractivity contribution in [3.63, 3.8) is 0 Å². The van der Waals surface area contributed by atoms with E-state index in [-0.39, 0.29) is 0 Å². The first-order valence-corrected chi connectivity index (χ1v) is 20.3. The number of thiophene rings is 1. The topological polar surface area (TPSA) is 0 Å². The summed E-state index contributed by atoms with van der Waals surface area (Å²) in [6.07, 6.45) is 15.4. The van der Waals surface area contributed by atoms with Gasteiger partial charge in [0.1, 0.15) is 0 Å². The van der Waals surface area contributed by atoms with Crippen molar-refractivity contribution >= 4 is 55.2 Å². The predicted molar refractivity (Wildman–Crippen MR) is 129 cm³/mol. The molecule has 3 heteroatoms. The van der Waals surface area contributed by atoms with Crippen molar-refractivity contribution in [2.24, 2.45) is 0 Å². The first kappa shape index (κ1) is 24.3. The molecule has 0 atom stereocenters. The van der Waals surface area contributed by atoms with Gasteiger partial charge in [-0.15, -0.1) is 0 Å². The van der Waals surface area contributed by atoms with Gasteiger partial charge in [-0.2, -0.15) is 0 Å². The second-order valence-corrected chi connectivity index (χ2v) is 24.8. The Balaban J connectivity index is 2.97. The molecule has 1 aromatic heterocycles. The molecule has 0 aliphatic rings. The number of unbranched alkanes of at least 4 members (excludes halogenated alkanes) is 6. The standard InChI is InChI=1S/C10H14IS.3C4H9.Sn/c1-2-3-4-5-6-9-7-8-12-10(9)11;3*1-3-4-2;/h7H,2-6H2,1H3;3*1,3-4H2,2H3;. The van der Waals surface area contributed by atoms with Crippen LogP contribution in [0.25, 0.3) is 0 Å². The molecular weight excluding hydrogens is 542 g/mol. The first-order chi connectivity index (χ1) is 12.1. The zero-order chi connectivity index (χ0) is 18.5. The summed E-state index contributed by atoms with van der Waals surface area (Å²) in [5, 5.41) is 0. The molecule has 0 fully saturated rings. The van der Waals surface area contributed by atoms with Crippen LogP contribution in [0.2, 0.25) is 13.3 Å². The molecule has 0 radical (unpaired) electrons. The van der Waals surface area contributed by atoms with E-state index in [1.807, 2.05) is 2.89 Å². The Bertz CT molecular complexity index is 433. The van der Waals surface area contributed by atoms with Crippen LogP contribution < -0.4 is 2.89 Å². The van der Waals surface area contributed by atoms with E-state index in [0.717, 1.165) is 0 Å². The summed E-state index contributed by atoms with van der Waals surface area (Å²) >= 11 is 2.68. The van der Waals surface area contributed by atoms with Crippen LogP contribution in [-0.2, 0) is 6.42 Å². The molecule has 25 heavy (non-hydrogen) atoms. The SMILES string of the molecule is CCCCCCc1c[c]([Sn]([CH2]CCC)([CH2]CCC)[CH2]CCC)sc1I. The number of rotatable bonds is 15. The fraction of sp³-hybridized carbons (Fsp3) is 0.818. The maximum atomic E-state index is 2.72. The summed E-state index contributed by atoms with van der Waals surface area (Å²) in [5.74, 6) is 0. The Morgan fingerprint density at radius 3 is 1.76 bits per heavy atom. The molecule has 0 saturated carbocycles. The van der Waals surface area contributed by atoms with Gasteiger partial charge in [-0.05, 0) is 0 Å². The van der Waals surface area contributed by atoms with Crippen molar-refractivity contribution in [2.45, 2.75) is 112 Å². The minimum absolute atomic E-state index is 1.33. The van der Waals surface area contributed by atoms with Gasteiger partial charge in [-0.3, -0.25) is 0 Å².